The standard InChI is InChI=1S/C17H20N2O4.ClH/c1-22-16(20)8-7-15(12-5-3-2-4-6-12)19-17(21)13-9-14(10-18)23-11-13;/h2-6,9,11,15H,7-8,10,18H2,1H3,(H,19,21);1H. The molecule has 6 nitrogen and oxygen atoms in total. The zero-order valence-corrected chi connectivity index (χ0v) is 14.2. The Bertz CT molecular complexity index is 658. The molecule has 0 aliphatic carbocycles. The van der Waals surface area contributed by atoms with Crippen molar-refractivity contribution in [2.75, 3.05) is 7.11 Å². The van der Waals surface area contributed by atoms with Crippen LogP contribution in [0.3, 0.4) is 0 Å². The summed E-state index contributed by atoms with van der Waals surface area (Å²) in [7, 11) is 1.35. The largest absolute Gasteiger partial charge is 0.469 e. The van der Waals surface area contributed by atoms with Gasteiger partial charge in [0.05, 0.1) is 25.3 Å². The molecule has 0 bridgehead atoms. The number of rotatable bonds is 7. The fourth-order valence-electron chi connectivity index (χ4n) is 2.22. The maximum atomic E-state index is 12.3. The molecule has 0 saturated carbocycles. The van der Waals surface area contributed by atoms with E-state index in [1.165, 1.54) is 13.4 Å². The van der Waals surface area contributed by atoms with E-state index < -0.39 is 0 Å². The van der Waals surface area contributed by atoms with Crippen LogP contribution in [0.2, 0.25) is 0 Å². The number of hydrogen-bond acceptors (Lipinski definition) is 5. The van der Waals surface area contributed by atoms with E-state index in [9.17, 15) is 9.59 Å². The van der Waals surface area contributed by atoms with Gasteiger partial charge in [0.25, 0.3) is 5.91 Å². The summed E-state index contributed by atoms with van der Waals surface area (Å²) < 4.78 is 9.84. The fraction of sp³-hybridized carbons (Fsp3) is 0.294. The third-order valence-electron chi connectivity index (χ3n) is 3.49. The van der Waals surface area contributed by atoms with Gasteiger partial charge >= 0.3 is 5.97 Å². The van der Waals surface area contributed by atoms with E-state index in [1.807, 2.05) is 30.3 Å². The van der Waals surface area contributed by atoms with E-state index in [4.69, 9.17) is 10.2 Å². The zero-order valence-electron chi connectivity index (χ0n) is 13.4. The lowest BCUT2D eigenvalue weighted by atomic mass is 10.0. The Balaban J connectivity index is 0.00000288. The normalized spacial score (nSPS) is 11.2. The van der Waals surface area contributed by atoms with Crippen molar-refractivity contribution in [3.05, 3.63) is 59.5 Å². The predicted octanol–water partition coefficient (Wildman–Crippen LogP) is 2.58. The van der Waals surface area contributed by atoms with Crippen LogP contribution in [0.15, 0.2) is 47.1 Å². The van der Waals surface area contributed by atoms with E-state index in [1.54, 1.807) is 6.07 Å². The van der Waals surface area contributed by atoms with E-state index in [0.29, 0.717) is 17.7 Å². The first-order valence-electron chi connectivity index (χ1n) is 7.34. The molecule has 0 fully saturated rings. The van der Waals surface area contributed by atoms with Gasteiger partial charge in [-0.25, -0.2) is 0 Å². The van der Waals surface area contributed by atoms with Crippen molar-refractivity contribution in [2.45, 2.75) is 25.4 Å². The highest BCUT2D eigenvalue weighted by Gasteiger charge is 2.18. The number of nitrogens with one attached hydrogen (secondary N) is 1. The average Bonchev–Trinajstić information content (AvgIpc) is 3.08. The van der Waals surface area contributed by atoms with Crippen molar-refractivity contribution >= 4 is 24.3 Å². The SMILES string of the molecule is COC(=O)CCC(NC(=O)c1coc(CN)c1)c1ccccc1.Cl. The van der Waals surface area contributed by atoms with Gasteiger partial charge in [-0.3, -0.25) is 9.59 Å². The van der Waals surface area contributed by atoms with E-state index in [2.05, 4.69) is 10.1 Å². The summed E-state index contributed by atoms with van der Waals surface area (Å²) in [4.78, 5) is 23.7. The molecule has 0 spiro atoms. The third-order valence-corrected chi connectivity index (χ3v) is 3.49. The molecule has 1 unspecified atom stereocenters. The molecule has 24 heavy (non-hydrogen) atoms. The number of benzene rings is 1. The summed E-state index contributed by atoms with van der Waals surface area (Å²) in [6.45, 7) is 0.234. The molecule has 1 amide bonds. The highest BCUT2D eigenvalue weighted by Crippen LogP contribution is 2.20. The molecule has 1 aromatic heterocycles. The molecule has 0 aliphatic heterocycles. The minimum absolute atomic E-state index is 0. The number of furan rings is 1. The summed E-state index contributed by atoms with van der Waals surface area (Å²) in [5.41, 5.74) is 6.81. The summed E-state index contributed by atoms with van der Waals surface area (Å²) in [5, 5.41) is 2.92. The van der Waals surface area contributed by atoms with Crippen molar-refractivity contribution in [1.82, 2.24) is 5.32 Å². The first-order valence-corrected chi connectivity index (χ1v) is 7.34. The number of halogens is 1. The maximum absolute atomic E-state index is 12.3. The maximum Gasteiger partial charge on any atom is 0.305 e. The molecule has 0 aliphatic rings. The van der Waals surface area contributed by atoms with E-state index in [-0.39, 0.29) is 43.3 Å². The lowest BCUT2D eigenvalue weighted by Gasteiger charge is -2.18. The molecule has 0 radical (unpaired) electrons. The van der Waals surface area contributed by atoms with Crippen molar-refractivity contribution in [3.8, 4) is 0 Å². The van der Waals surface area contributed by atoms with Gasteiger partial charge in [-0.05, 0) is 18.1 Å². The topological polar surface area (TPSA) is 94.6 Å². The van der Waals surface area contributed by atoms with Crippen LogP contribution in [0.4, 0.5) is 0 Å². The molecule has 130 valence electrons. The van der Waals surface area contributed by atoms with Crippen molar-refractivity contribution < 1.29 is 18.7 Å². The number of carbonyl (C=O) groups is 2. The molecule has 0 saturated heterocycles. The number of nitrogens with two attached hydrogens (primary N) is 1. The van der Waals surface area contributed by atoms with E-state index in [0.717, 1.165) is 5.56 Å². The minimum atomic E-state index is -0.311. The number of methoxy groups -OCH3 is 1. The molecule has 1 heterocycles. The quantitative estimate of drug-likeness (QED) is 0.747. The van der Waals surface area contributed by atoms with Gasteiger partial charge in [-0.1, -0.05) is 30.3 Å². The summed E-state index contributed by atoms with van der Waals surface area (Å²) in [6.07, 6.45) is 2.04. The van der Waals surface area contributed by atoms with Crippen LogP contribution in [0.5, 0.6) is 0 Å². The molecule has 3 N–H and O–H groups in total. The number of carbonyl (C=O) groups excluding carboxylic acids is 2. The first-order chi connectivity index (χ1) is 11.1. The Morgan fingerprint density at radius 2 is 2.00 bits per heavy atom. The van der Waals surface area contributed by atoms with Crippen LogP contribution in [0.25, 0.3) is 0 Å². The van der Waals surface area contributed by atoms with Gasteiger partial charge in [0.15, 0.2) is 0 Å². The molecule has 2 aromatic rings. The Morgan fingerprint density at radius 3 is 2.58 bits per heavy atom. The summed E-state index contributed by atoms with van der Waals surface area (Å²) >= 11 is 0. The molecule has 1 atom stereocenters. The second-order valence-corrected chi connectivity index (χ2v) is 5.06. The Labute approximate surface area is 146 Å². The lowest BCUT2D eigenvalue weighted by Crippen LogP contribution is -2.28. The summed E-state index contributed by atoms with van der Waals surface area (Å²) in [5.74, 6) is -0.0398. The highest BCUT2D eigenvalue weighted by molar-refractivity contribution is 5.94. The molecular formula is C17H21ClN2O4. The fourth-order valence-corrected chi connectivity index (χ4v) is 2.22. The average molecular weight is 353 g/mol. The van der Waals surface area contributed by atoms with Gasteiger partial charge in [0.1, 0.15) is 12.0 Å². The van der Waals surface area contributed by atoms with Crippen LogP contribution < -0.4 is 11.1 Å². The third kappa shape index (κ3) is 5.40. The highest BCUT2D eigenvalue weighted by atomic mass is 35.5. The van der Waals surface area contributed by atoms with Crippen molar-refractivity contribution in [2.24, 2.45) is 5.73 Å². The van der Waals surface area contributed by atoms with E-state index >= 15 is 0 Å². The van der Waals surface area contributed by atoms with Crippen LogP contribution in [-0.2, 0) is 16.1 Å². The van der Waals surface area contributed by atoms with Gasteiger partial charge in [0, 0.05) is 6.42 Å². The zero-order chi connectivity index (χ0) is 16.7. The number of amides is 1. The molecule has 7 heteroatoms. The van der Waals surface area contributed by atoms with Gasteiger partial charge < -0.3 is 20.2 Å². The Kier molecular flexibility index (Phi) is 8.01. The van der Waals surface area contributed by atoms with Crippen LogP contribution in [-0.4, -0.2) is 19.0 Å². The van der Waals surface area contributed by atoms with Gasteiger partial charge in [-0.2, -0.15) is 0 Å². The first kappa shape index (κ1) is 19.7. The number of ether oxygens (including phenoxy) is 1. The minimum Gasteiger partial charge on any atom is -0.469 e. The predicted molar refractivity (Wildman–Crippen MR) is 91.7 cm³/mol. The number of hydrogen-bond donors (Lipinski definition) is 2. The monoisotopic (exact) mass is 352 g/mol. The van der Waals surface area contributed by atoms with Crippen molar-refractivity contribution in [3.63, 3.8) is 0 Å². The van der Waals surface area contributed by atoms with Crippen molar-refractivity contribution in [1.29, 1.82) is 0 Å². The van der Waals surface area contributed by atoms with Gasteiger partial charge in [-0.15, -0.1) is 12.4 Å². The number of esters is 1. The smallest absolute Gasteiger partial charge is 0.305 e. The molecular weight excluding hydrogens is 332 g/mol. The Hall–Kier alpha value is -2.31. The second kappa shape index (κ2) is 9.75. The van der Waals surface area contributed by atoms with Crippen LogP contribution in [0.1, 0.15) is 40.6 Å². The molecule has 1 aromatic carbocycles. The lowest BCUT2D eigenvalue weighted by molar-refractivity contribution is -0.140. The van der Waals surface area contributed by atoms with Gasteiger partial charge in [0.2, 0.25) is 0 Å². The second-order valence-electron chi connectivity index (χ2n) is 5.06. The Morgan fingerprint density at radius 1 is 1.29 bits per heavy atom. The summed E-state index contributed by atoms with van der Waals surface area (Å²) in [6, 6.07) is 10.8. The van der Waals surface area contributed by atoms with Crippen LogP contribution >= 0.6 is 12.4 Å². The molecule has 2 rings (SSSR count). The van der Waals surface area contributed by atoms with Crippen LogP contribution in [0, 0.1) is 0 Å².